The molecule has 0 radical (unpaired) electrons. The first-order chi connectivity index (χ1) is 14.1. The Labute approximate surface area is 183 Å². The molecule has 1 aromatic heterocycles. The fourth-order valence-electron chi connectivity index (χ4n) is 3.05. The van der Waals surface area contributed by atoms with Crippen molar-refractivity contribution in [3.05, 3.63) is 33.8 Å². The molecule has 166 valence electrons. The van der Waals surface area contributed by atoms with E-state index in [0.717, 1.165) is 11.4 Å². The average Bonchev–Trinajstić information content (AvgIpc) is 3.03. The number of nitrogens with zero attached hydrogens (tertiary/aromatic N) is 2. The fraction of sp³-hybridized carbons (Fsp3) is 0.524. The lowest BCUT2D eigenvalue weighted by molar-refractivity contribution is 0.102. The molecule has 0 saturated heterocycles. The van der Waals surface area contributed by atoms with E-state index in [9.17, 15) is 13.2 Å². The third-order valence-electron chi connectivity index (χ3n) is 4.45. The summed E-state index contributed by atoms with van der Waals surface area (Å²) < 4.78 is 33.1. The second-order valence-corrected chi connectivity index (χ2v) is 10.2. The summed E-state index contributed by atoms with van der Waals surface area (Å²) in [6, 6.07) is 4.69. The van der Waals surface area contributed by atoms with Crippen LogP contribution in [0.3, 0.4) is 0 Å². The van der Waals surface area contributed by atoms with Crippen LogP contribution in [0.4, 0.5) is 5.69 Å². The van der Waals surface area contributed by atoms with Gasteiger partial charge in [0, 0.05) is 25.2 Å². The van der Waals surface area contributed by atoms with E-state index in [-0.39, 0.29) is 16.6 Å². The summed E-state index contributed by atoms with van der Waals surface area (Å²) in [6.07, 6.45) is 0.814. The maximum absolute atomic E-state index is 13.1. The van der Waals surface area contributed by atoms with Gasteiger partial charge in [-0.15, -0.1) is 11.3 Å². The minimum Gasteiger partial charge on any atom is -0.492 e. The van der Waals surface area contributed by atoms with Crippen molar-refractivity contribution in [3.8, 4) is 5.75 Å². The van der Waals surface area contributed by atoms with Gasteiger partial charge in [-0.3, -0.25) is 4.79 Å². The number of anilines is 1. The van der Waals surface area contributed by atoms with Crippen molar-refractivity contribution in [2.45, 2.75) is 52.9 Å². The predicted molar refractivity (Wildman–Crippen MR) is 121 cm³/mol. The van der Waals surface area contributed by atoms with Gasteiger partial charge >= 0.3 is 0 Å². The lowest BCUT2D eigenvalue weighted by Crippen LogP contribution is -2.31. The molecular weight excluding hydrogens is 422 g/mol. The second kappa shape index (κ2) is 10.4. The molecule has 1 amide bonds. The van der Waals surface area contributed by atoms with Gasteiger partial charge in [0.15, 0.2) is 0 Å². The Morgan fingerprint density at radius 1 is 1.23 bits per heavy atom. The van der Waals surface area contributed by atoms with E-state index in [1.54, 1.807) is 32.9 Å². The molecule has 9 heteroatoms. The first-order valence-corrected chi connectivity index (χ1v) is 12.4. The van der Waals surface area contributed by atoms with Crippen molar-refractivity contribution < 1.29 is 17.9 Å². The first-order valence-electron chi connectivity index (χ1n) is 10.2. The normalized spacial score (nSPS) is 11.9. The monoisotopic (exact) mass is 453 g/mol. The van der Waals surface area contributed by atoms with Crippen molar-refractivity contribution in [1.82, 2.24) is 9.29 Å². The molecule has 0 fully saturated rings. The van der Waals surface area contributed by atoms with E-state index < -0.39 is 10.0 Å². The number of hydrogen-bond acceptors (Lipinski definition) is 6. The Morgan fingerprint density at radius 2 is 1.90 bits per heavy atom. The third-order valence-corrected chi connectivity index (χ3v) is 7.70. The molecule has 1 N–H and O–H groups in total. The van der Waals surface area contributed by atoms with Gasteiger partial charge in [0.25, 0.3) is 5.91 Å². The standard InChI is InChI=1S/C21H31N3O4S2/c1-7-24(8-2)30(26,27)18-13-16(10-11-17(18)28-9-3)23-21(25)20-15(6)22-19(29-20)12-14(4)5/h10-11,13-14H,7-9,12H2,1-6H3,(H,23,25). The van der Waals surface area contributed by atoms with Gasteiger partial charge in [-0.05, 0) is 38.0 Å². The summed E-state index contributed by atoms with van der Waals surface area (Å²) in [7, 11) is -3.75. The van der Waals surface area contributed by atoms with E-state index in [2.05, 4.69) is 24.1 Å². The highest BCUT2D eigenvalue weighted by Crippen LogP contribution is 2.31. The van der Waals surface area contributed by atoms with Gasteiger partial charge in [0.2, 0.25) is 10.0 Å². The Morgan fingerprint density at radius 3 is 2.47 bits per heavy atom. The van der Waals surface area contributed by atoms with Crippen LogP contribution in [-0.4, -0.2) is 43.3 Å². The number of hydrogen-bond donors (Lipinski definition) is 1. The molecule has 0 saturated carbocycles. The number of rotatable bonds is 10. The van der Waals surface area contributed by atoms with Crippen LogP contribution in [0.5, 0.6) is 5.75 Å². The lowest BCUT2D eigenvalue weighted by Gasteiger charge is -2.21. The van der Waals surface area contributed by atoms with E-state index in [1.807, 2.05) is 6.92 Å². The summed E-state index contributed by atoms with van der Waals surface area (Å²) in [4.78, 5) is 17.9. The van der Waals surface area contributed by atoms with Crippen molar-refractivity contribution in [2.75, 3.05) is 25.0 Å². The van der Waals surface area contributed by atoms with Crippen molar-refractivity contribution in [1.29, 1.82) is 0 Å². The van der Waals surface area contributed by atoms with E-state index in [0.29, 0.717) is 41.9 Å². The van der Waals surface area contributed by atoms with Crippen LogP contribution in [0.25, 0.3) is 0 Å². The van der Waals surface area contributed by atoms with Crippen LogP contribution >= 0.6 is 11.3 Å². The summed E-state index contributed by atoms with van der Waals surface area (Å²) >= 11 is 1.37. The molecule has 0 aliphatic heterocycles. The number of benzene rings is 1. The fourth-order valence-corrected chi connectivity index (χ4v) is 5.84. The maximum atomic E-state index is 13.1. The van der Waals surface area contributed by atoms with Gasteiger partial charge in [0.05, 0.1) is 17.3 Å². The predicted octanol–water partition coefficient (Wildman–Crippen LogP) is 4.33. The van der Waals surface area contributed by atoms with Crippen LogP contribution in [0, 0.1) is 12.8 Å². The Hall–Kier alpha value is -1.97. The number of nitrogens with one attached hydrogen (secondary N) is 1. The zero-order chi connectivity index (χ0) is 22.5. The second-order valence-electron chi connectivity index (χ2n) is 7.26. The molecule has 0 aliphatic rings. The van der Waals surface area contributed by atoms with Gasteiger partial charge in [0.1, 0.15) is 15.5 Å². The molecule has 0 bridgehead atoms. The molecule has 0 spiro atoms. The number of carbonyl (C=O) groups excluding carboxylic acids is 1. The summed E-state index contributed by atoms with van der Waals surface area (Å²) in [5, 5.41) is 3.74. The highest BCUT2D eigenvalue weighted by molar-refractivity contribution is 7.89. The van der Waals surface area contributed by atoms with Crippen LogP contribution in [0.15, 0.2) is 23.1 Å². The number of aromatic nitrogens is 1. The van der Waals surface area contributed by atoms with Gasteiger partial charge in [-0.2, -0.15) is 4.31 Å². The van der Waals surface area contributed by atoms with Crippen molar-refractivity contribution in [2.24, 2.45) is 5.92 Å². The van der Waals surface area contributed by atoms with E-state index in [4.69, 9.17) is 4.74 Å². The number of amides is 1. The number of aryl methyl sites for hydroxylation is 1. The van der Waals surface area contributed by atoms with Gasteiger partial charge in [-0.25, -0.2) is 13.4 Å². The summed E-state index contributed by atoms with van der Waals surface area (Å²) in [5.41, 5.74) is 1.07. The zero-order valence-corrected chi connectivity index (χ0v) is 20.1. The first kappa shape index (κ1) is 24.3. The highest BCUT2D eigenvalue weighted by Gasteiger charge is 2.26. The Balaban J connectivity index is 2.37. The van der Waals surface area contributed by atoms with Crippen LogP contribution in [0.1, 0.15) is 55.0 Å². The minimum absolute atomic E-state index is 0.0485. The molecule has 2 rings (SSSR count). The molecule has 0 atom stereocenters. The molecule has 1 heterocycles. The molecule has 2 aromatic rings. The minimum atomic E-state index is -3.75. The number of sulfonamides is 1. The van der Waals surface area contributed by atoms with Crippen molar-refractivity contribution in [3.63, 3.8) is 0 Å². The topological polar surface area (TPSA) is 88.6 Å². The highest BCUT2D eigenvalue weighted by atomic mass is 32.2. The summed E-state index contributed by atoms with van der Waals surface area (Å²) in [6.45, 7) is 12.4. The molecule has 0 unspecified atom stereocenters. The number of ether oxygens (including phenoxy) is 1. The van der Waals surface area contributed by atoms with Gasteiger partial charge < -0.3 is 10.1 Å². The molecular formula is C21H31N3O4S2. The summed E-state index contributed by atoms with van der Waals surface area (Å²) in [5.74, 6) is 0.427. The quantitative estimate of drug-likeness (QED) is 0.578. The molecule has 0 aliphatic carbocycles. The van der Waals surface area contributed by atoms with Crippen LogP contribution in [-0.2, 0) is 16.4 Å². The van der Waals surface area contributed by atoms with Crippen molar-refractivity contribution >= 4 is 33.0 Å². The van der Waals surface area contributed by atoms with Crippen LogP contribution < -0.4 is 10.1 Å². The Bertz CT molecular complexity index is 980. The zero-order valence-electron chi connectivity index (χ0n) is 18.5. The molecule has 30 heavy (non-hydrogen) atoms. The Kier molecular flexibility index (Phi) is 8.40. The average molecular weight is 454 g/mol. The smallest absolute Gasteiger partial charge is 0.267 e. The maximum Gasteiger partial charge on any atom is 0.267 e. The van der Waals surface area contributed by atoms with E-state index >= 15 is 0 Å². The number of carbonyl (C=O) groups is 1. The lowest BCUT2D eigenvalue weighted by atomic mass is 10.1. The SMILES string of the molecule is CCOc1ccc(NC(=O)c2sc(CC(C)C)nc2C)cc1S(=O)(=O)N(CC)CC. The number of thiazole rings is 1. The van der Waals surface area contributed by atoms with Gasteiger partial charge in [-0.1, -0.05) is 27.7 Å². The van der Waals surface area contributed by atoms with Crippen LogP contribution in [0.2, 0.25) is 0 Å². The van der Waals surface area contributed by atoms with E-state index in [1.165, 1.54) is 21.7 Å². The largest absolute Gasteiger partial charge is 0.492 e. The molecule has 1 aromatic carbocycles. The molecule has 7 nitrogen and oxygen atoms in total. The third kappa shape index (κ3) is 5.59.